The van der Waals surface area contributed by atoms with Crippen molar-refractivity contribution in [3.8, 4) is 11.1 Å². The molecular formula is C51H57Cl3Zr. The summed E-state index contributed by atoms with van der Waals surface area (Å²) < 4.78 is 3.64. The molecule has 2 aliphatic rings. The second kappa shape index (κ2) is 15.7. The standard InChI is InChI=1S/C29H41.C17H11Cl.C5H5.2ClH.Zr/c1-26(2,3)22-14-18-13-19-15-23(27(4,5)6)25(29(10,11)12)17-21(19)20(18)16-24(22)28(7,8)9;18-16-10-8-13(9-11-16)12-15-6-3-5-14-4-1-2-7-17(14)15;1-2-4-5-3-1;;;/h14,16-17H,13H2,1-12H3;1-11H;1-5H;2*1H;/q;;;;;+2/p-2. The largest absolute Gasteiger partial charge is 1.00 e. The van der Waals surface area contributed by atoms with Crippen molar-refractivity contribution >= 4 is 28.9 Å². The van der Waals surface area contributed by atoms with Crippen LogP contribution in [0.1, 0.15) is 128 Å². The number of halogens is 3. The van der Waals surface area contributed by atoms with E-state index >= 15 is 0 Å². The van der Waals surface area contributed by atoms with Gasteiger partial charge in [-0.05, 0) is 0 Å². The van der Waals surface area contributed by atoms with Crippen molar-refractivity contribution in [2.45, 2.75) is 115 Å². The van der Waals surface area contributed by atoms with Crippen molar-refractivity contribution in [3.05, 3.63) is 159 Å². The van der Waals surface area contributed by atoms with Gasteiger partial charge in [-0.25, -0.2) is 0 Å². The summed E-state index contributed by atoms with van der Waals surface area (Å²) >= 11 is 3.58. The van der Waals surface area contributed by atoms with Gasteiger partial charge in [0.05, 0.1) is 0 Å². The molecule has 5 aromatic carbocycles. The molecule has 0 atom stereocenters. The van der Waals surface area contributed by atoms with Gasteiger partial charge in [0.15, 0.2) is 0 Å². The summed E-state index contributed by atoms with van der Waals surface area (Å²) in [5.74, 6) is 0. The Bertz CT molecular complexity index is 2330. The second-order valence-corrected chi connectivity index (χ2v) is 26.1. The molecule has 4 heteroatoms. The molecule has 0 aliphatic heterocycles. The number of allylic oxidation sites excluding steroid dienone is 4. The molecule has 0 saturated carbocycles. The topological polar surface area (TPSA) is 0 Å². The Hall–Kier alpha value is -2.54. The fourth-order valence-corrected chi connectivity index (χ4v) is 18.4. The SMILES string of the molecule is CC(C)(C)c1cc2c(cc1C(C)(C)C)-c1cc(C(C)(C)C)c(C(C)(C)C)[c]([Zr+2](=[C](c3ccc(Cl)cc3)c3cccc4ccccc34)[CH]3C=CC=C3)c1C2.[Cl-].[Cl-]. The quantitative estimate of drug-likeness (QED) is 0.171. The van der Waals surface area contributed by atoms with Crippen molar-refractivity contribution in [1.82, 2.24) is 0 Å². The minimum Gasteiger partial charge on any atom is -1.00 e. The molecule has 0 nitrogen and oxygen atoms in total. The summed E-state index contributed by atoms with van der Waals surface area (Å²) in [6, 6.07) is 32.5. The van der Waals surface area contributed by atoms with Crippen LogP contribution in [-0.4, -0.2) is 3.21 Å². The minimum absolute atomic E-state index is 0. The third-order valence-corrected chi connectivity index (χ3v) is 19.5. The number of fused-ring (bicyclic) bond motifs is 4. The van der Waals surface area contributed by atoms with Gasteiger partial charge < -0.3 is 24.8 Å². The van der Waals surface area contributed by atoms with Crippen LogP contribution in [0, 0.1) is 0 Å². The van der Waals surface area contributed by atoms with Crippen LogP contribution in [0.25, 0.3) is 21.9 Å². The van der Waals surface area contributed by atoms with Crippen LogP contribution in [0.15, 0.2) is 109 Å². The first-order valence-electron chi connectivity index (χ1n) is 19.5. The average molecular weight is 868 g/mol. The van der Waals surface area contributed by atoms with Crippen molar-refractivity contribution in [1.29, 1.82) is 0 Å². The fourth-order valence-electron chi connectivity index (χ4n) is 8.89. The van der Waals surface area contributed by atoms with E-state index in [2.05, 4.69) is 192 Å². The van der Waals surface area contributed by atoms with Gasteiger partial charge in [-0.1, -0.05) is 0 Å². The van der Waals surface area contributed by atoms with Crippen molar-refractivity contribution in [2.24, 2.45) is 0 Å². The normalized spacial score (nSPS) is 14.4. The van der Waals surface area contributed by atoms with Gasteiger partial charge in [-0.15, -0.1) is 0 Å². The molecule has 0 unspecified atom stereocenters. The molecule has 5 aromatic rings. The minimum atomic E-state index is -3.06. The fraction of sp³-hybridized carbons (Fsp3) is 0.353. The molecule has 0 amide bonds. The van der Waals surface area contributed by atoms with Gasteiger partial charge in [0, 0.05) is 0 Å². The molecule has 0 aromatic heterocycles. The predicted octanol–water partition coefficient (Wildman–Crippen LogP) is 7.69. The van der Waals surface area contributed by atoms with Crippen LogP contribution in [-0.2, 0) is 49.3 Å². The maximum Gasteiger partial charge on any atom is -1.00 e. The number of benzene rings is 5. The van der Waals surface area contributed by atoms with Crippen molar-refractivity contribution in [3.63, 3.8) is 0 Å². The first-order valence-corrected chi connectivity index (χ1v) is 23.7. The molecular weight excluding hydrogens is 810 g/mol. The Morgan fingerprint density at radius 3 is 1.73 bits per heavy atom. The summed E-state index contributed by atoms with van der Waals surface area (Å²) in [6.45, 7) is 29.0. The maximum atomic E-state index is 6.64. The van der Waals surface area contributed by atoms with Gasteiger partial charge in [-0.2, -0.15) is 0 Å². The number of rotatable bonds is 4. The van der Waals surface area contributed by atoms with E-state index in [4.69, 9.17) is 11.6 Å². The van der Waals surface area contributed by atoms with Crippen LogP contribution < -0.4 is 28.1 Å². The number of hydrogen-bond acceptors (Lipinski definition) is 0. The second-order valence-electron chi connectivity index (χ2n) is 19.5. The molecule has 0 N–H and O–H groups in total. The summed E-state index contributed by atoms with van der Waals surface area (Å²) in [4.78, 5) is 0. The first-order chi connectivity index (χ1) is 24.7. The molecule has 2 aliphatic carbocycles. The molecule has 0 spiro atoms. The zero-order valence-corrected chi connectivity index (χ0v) is 39.5. The van der Waals surface area contributed by atoms with Crippen LogP contribution in [0.2, 0.25) is 8.65 Å². The summed E-state index contributed by atoms with van der Waals surface area (Å²) in [5, 5.41) is 3.40. The van der Waals surface area contributed by atoms with E-state index in [9.17, 15) is 0 Å². The van der Waals surface area contributed by atoms with Crippen molar-refractivity contribution in [2.75, 3.05) is 0 Å². The molecule has 0 radical (unpaired) electrons. The molecule has 7 rings (SSSR count). The first kappa shape index (κ1) is 43.6. The zero-order chi connectivity index (χ0) is 38.2. The third kappa shape index (κ3) is 8.26. The van der Waals surface area contributed by atoms with Crippen molar-refractivity contribution < 1.29 is 46.1 Å². The molecule has 55 heavy (non-hydrogen) atoms. The molecule has 0 fully saturated rings. The Morgan fingerprint density at radius 1 is 0.600 bits per heavy atom. The van der Waals surface area contributed by atoms with Crippen LogP contribution in [0.4, 0.5) is 0 Å². The number of hydrogen-bond donors (Lipinski definition) is 0. The third-order valence-electron chi connectivity index (χ3n) is 11.3. The van der Waals surface area contributed by atoms with E-state index in [1.54, 1.807) is 17.6 Å². The van der Waals surface area contributed by atoms with E-state index < -0.39 is 21.3 Å². The summed E-state index contributed by atoms with van der Waals surface area (Å²) in [5.41, 5.74) is 14.7. The van der Waals surface area contributed by atoms with Gasteiger partial charge in [0.2, 0.25) is 0 Å². The van der Waals surface area contributed by atoms with Gasteiger partial charge in [0.1, 0.15) is 0 Å². The average Bonchev–Trinajstić information content (AvgIpc) is 3.73. The van der Waals surface area contributed by atoms with E-state index in [0.29, 0.717) is 3.63 Å². The van der Waals surface area contributed by atoms with Gasteiger partial charge in [0.25, 0.3) is 0 Å². The molecule has 0 heterocycles. The van der Waals surface area contributed by atoms with Gasteiger partial charge in [-0.3, -0.25) is 0 Å². The van der Waals surface area contributed by atoms with Crippen LogP contribution in [0.5, 0.6) is 0 Å². The van der Waals surface area contributed by atoms with Gasteiger partial charge >= 0.3 is 335 Å². The molecule has 286 valence electrons. The molecule has 0 bridgehead atoms. The molecule has 0 saturated heterocycles. The van der Waals surface area contributed by atoms with Crippen LogP contribution in [0.3, 0.4) is 0 Å². The van der Waals surface area contributed by atoms with Crippen LogP contribution >= 0.6 is 11.6 Å². The monoisotopic (exact) mass is 864 g/mol. The van der Waals surface area contributed by atoms with E-state index in [-0.39, 0.29) is 46.5 Å². The van der Waals surface area contributed by atoms with E-state index in [1.807, 2.05) is 0 Å². The zero-order valence-electron chi connectivity index (χ0n) is 34.8. The Kier molecular flexibility index (Phi) is 12.4. The summed E-state index contributed by atoms with van der Waals surface area (Å²) in [7, 11) is 0. The smallest absolute Gasteiger partial charge is 1.00 e. The predicted molar refractivity (Wildman–Crippen MR) is 230 cm³/mol. The Labute approximate surface area is 356 Å². The Balaban J connectivity index is 0.00000290. The maximum absolute atomic E-state index is 6.64. The van der Waals surface area contributed by atoms with E-state index in [0.717, 1.165) is 11.4 Å². The summed E-state index contributed by atoms with van der Waals surface area (Å²) in [6.07, 6.45) is 10.6. The van der Waals surface area contributed by atoms with E-state index in [1.165, 1.54) is 55.3 Å². The Morgan fingerprint density at radius 2 is 1.15 bits per heavy atom.